The molecule has 0 N–H and O–H groups in total. The Hall–Kier alpha value is -1.06. The second-order valence-corrected chi connectivity index (χ2v) is 7.13. The van der Waals surface area contributed by atoms with E-state index in [-0.39, 0.29) is 17.9 Å². The van der Waals surface area contributed by atoms with Crippen LogP contribution >= 0.6 is 0 Å². The van der Waals surface area contributed by atoms with E-state index < -0.39 is 5.60 Å². The predicted molar refractivity (Wildman–Crippen MR) is 77.2 cm³/mol. The van der Waals surface area contributed by atoms with Gasteiger partial charge in [0.2, 0.25) is 5.91 Å². The van der Waals surface area contributed by atoms with Crippen LogP contribution < -0.4 is 0 Å². The third-order valence-corrected chi connectivity index (χ3v) is 4.19. The molecule has 0 aromatic heterocycles. The van der Waals surface area contributed by atoms with Crippen molar-refractivity contribution in [2.24, 2.45) is 5.92 Å². The van der Waals surface area contributed by atoms with Gasteiger partial charge in [-0.2, -0.15) is 0 Å². The standard InChI is InChI=1S/C16H27NO3/c1-16(2,3)20-15(19)13-9-6-10-17(13)14(18)11-12-7-4-5-8-12/h12-13H,4-11H2,1-3H3/t13-/m0/s1. The van der Waals surface area contributed by atoms with Gasteiger partial charge in [0, 0.05) is 13.0 Å². The Balaban J connectivity index is 1.92. The van der Waals surface area contributed by atoms with Crippen molar-refractivity contribution in [3.05, 3.63) is 0 Å². The van der Waals surface area contributed by atoms with Crippen molar-refractivity contribution in [3.63, 3.8) is 0 Å². The largest absolute Gasteiger partial charge is 0.458 e. The zero-order chi connectivity index (χ0) is 14.8. The predicted octanol–water partition coefficient (Wildman–Crippen LogP) is 2.90. The van der Waals surface area contributed by atoms with Gasteiger partial charge >= 0.3 is 5.97 Å². The zero-order valence-electron chi connectivity index (χ0n) is 13.0. The van der Waals surface area contributed by atoms with Crippen LogP contribution in [0.4, 0.5) is 0 Å². The van der Waals surface area contributed by atoms with Gasteiger partial charge in [0.05, 0.1) is 0 Å². The maximum absolute atomic E-state index is 12.4. The Labute approximate surface area is 121 Å². The molecule has 2 fully saturated rings. The van der Waals surface area contributed by atoms with Crippen molar-refractivity contribution >= 4 is 11.9 Å². The van der Waals surface area contributed by atoms with E-state index in [1.54, 1.807) is 4.90 Å². The van der Waals surface area contributed by atoms with Crippen LogP contribution in [0.1, 0.15) is 65.7 Å². The van der Waals surface area contributed by atoms with Gasteiger partial charge in [0.25, 0.3) is 0 Å². The van der Waals surface area contributed by atoms with Crippen LogP contribution in [-0.4, -0.2) is 35.0 Å². The molecule has 2 aliphatic rings. The van der Waals surface area contributed by atoms with E-state index in [9.17, 15) is 9.59 Å². The number of rotatable bonds is 3. The molecule has 1 heterocycles. The molecule has 1 amide bonds. The fourth-order valence-electron chi connectivity index (χ4n) is 3.26. The van der Waals surface area contributed by atoms with Gasteiger partial charge < -0.3 is 9.64 Å². The first-order chi connectivity index (χ1) is 9.37. The van der Waals surface area contributed by atoms with Crippen molar-refractivity contribution in [1.29, 1.82) is 0 Å². The number of carbonyl (C=O) groups is 2. The molecule has 20 heavy (non-hydrogen) atoms. The highest BCUT2D eigenvalue weighted by molar-refractivity contribution is 5.85. The Morgan fingerprint density at radius 1 is 1.10 bits per heavy atom. The monoisotopic (exact) mass is 281 g/mol. The van der Waals surface area contributed by atoms with E-state index in [1.807, 2.05) is 20.8 Å². The minimum Gasteiger partial charge on any atom is -0.458 e. The van der Waals surface area contributed by atoms with Gasteiger partial charge in [-0.15, -0.1) is 0 Å². The molecule has 0 bridgehead atoms. The van der Waals surface area contributed by atoms with Crippen LogP contribution in [0.15, 0.2) is 0 Å². The Morgan fingerprint density at radius 2 is 1.75 bits per heavy atom. The molecule has 1 atom stereocenters. The maximum atomic E-state index is 12.4. The molecule has 0 unspecified atom stereocenters. The van der Waals surface area contributed by atoms with Crippen LogP contribution in [-0.2, 0) is 14.3 Å². The van der Waals surface area contributed by atoms with Crippen LogP contribution in [0.3, 0.4) is 0 Å². The zero-order valence-corrected chi connectivity index (χ0v) is 13.0. The van der Waals surface area contributed by atoms with E-state index in [0.717, 1.165) is 25.7 Å². The summed E-state index contributed by atoms with van der Waals surface area (Å²) in [5.41, 5.74) is -0.486. The Kier molecular flexibility index (Phi) is 4.71. The molecule has 1 aliphatic carbocycles. The summed E-state index contributed by atoms with van der Waals surface area (Å²) in [4.78, 5) is 26.4. The molecule has 0 spiro atoms. The van der Waals surface area contributed by atoms with Crippen LogP contribution in [0, 0.1) is 5.92 Å². The summed E-state index contributed by atoms with van der Waals surface area (Å²) >= 11 is 0. The van der Waals surface area contributed by atoms with Gasteiger partial charge in [0.15, 0.2) is 0 Å². The summed E-state index contributed by atoms with van der Waals surface area (Å²) in [7, 11) is 0. The summed E-state index contributed by atoms with van der Waals surface area (Å²) in [5, 5.41) is 0. The molecular formula is C16H27NO3. The molecule has 1 saturated heterocycles. The normalized spacial score (nSPS) is 24.1. The summed E-state index contributed by atoms with van der Waals surface area (Å²) in [5.74, 6) is 0.433. The van der Waals surface area contributed by atoms with E-state index in [2.05, 4.69) is 0 Å². The van der Waals surface area contributed by atoms with Gasteiger partial charge in [-0.25, -0.2) is 4.79 Å². The molecule has 4 heteroatoms. The highest BCUT2D eigenvalue weighted by Crippen LogP contribution is 2.30. The summed E-state index contributed by atoms with van der Waals surface area (Å²) in [6.07, 6.45) is 7.07. The fourth-order valence-corrected chi connectivity index (χ4v) is 3.26. The summed E-state index contributed by atoms with van der Waals surface area (Å²) < 4.78 is 5.44. The smallest absolute Gasteiger partial charge is 0.329 e. The lowest BCUT2D eigenvalue weighted by molar-refractivity contribution is -0.163. The third kappa shape index (κ3) is 3.97. The van der Waals surface area contributed by atoms with Crippen molar-refractivity contribution in [1.82, 2.24) is 4.90 Å². The van der Waals surface area contributed by atoms with Crippen LogP contribution in [0.2, 0.25) is 0 Å². The number of likely N-dealkylation sites (tertiary alicyclic amines) is 1. The van der Waals surface area contributed by atoms with Crippen molar-refractivity contribution in [2.45, 2.75) is 77.4 Å². The third-order valence-electron chi connectivity index (χ3n) is 4.19. The summed E-state index contributed by atoms with van der Waals surface area (Å²) in [6, 6.07) is -0.358. The van der Waals surface area contributed by atoms with Gasteiger partial charge in [-0.05, 0) is 52.4 Å². The Morgan fingerprint density at radius 3 is 2.35 bits per heavy atom. The number of hydrogen-bond acceptors (Lipinski definition) is 3. The number of nitrogens with zero attached hydrogens (tertiary/aromatic N) is 1. The van der Waals surface area contributed by atoms with E-state index in [1.165, 1.54) is 12.8 Å². The van der Waals surface area contributed by atoms with Crippen LogP contribution in [0.5, 0.6) is 0 Å². The van der Waals surface area contributed by atoms with Crippen molar-refractivity contribution in [2.75, 3.05) is 6.54 Å². The average molecular weight is 281 g/mol. The maximum Gasteiger partial charge on any atom is 0.329 e. The Bertz CT molecular complexity index is 366. The molecular weight excluding hydrogens is 254 g/mol. The van der Waals surface area contributed by atoms with E-state index >= 15 is 0 Å². The highest BCUT2D eigenvalue weighted by Gasteiger charge is 2.37. The molecule has 2 rings (SSSR count). The number of carbonyl (C=O) groups excluding carboxylic acids is 2. The van der Waals surface area contributed by atoms with Crippen molar-refractivity contribution in [3.8, 4) is 0 Å². The van der Waals surface area contributed by atoms with Crippen LogP contribution in [0.25, 0.3) is 0 Å². The van der Waals surface area contributed by atoms with Gasteiger partial charge in [-0.3, -0.25) is 4.79 Å². The topological polar surface area (TPSA) is 46.6 Å². The highest BCUT2D eigenvalue weighted by atomic mass is 16.6. The number of esters is 1. The molecule has 114 valence electrons. The molecule has 0 aromatic rings. The van der Waals surface area contributed by atoms with E-state index in [4.69, 9.17) is 4.74 Å². The van der Waals surface area contributed by atoms with Gasteiger partial charge in [0.1, 0.15) is 11.6 Å². The van der Waals surface area contributed by atoms with E-state index in [0.29, 0.717) is 18.9 Å². The SMILES string of the molecule is CC(C)(C)OC(=O)[C@@H]1CCCN1C(=O)CC1CCCC1. The molecule has 1 saturated carbocycles. The summed E-state index contributed by atoms with van der Waals surface area (Å²) in [6.45, 7) is 6.30. The molecule has 1 aliphatic heterocycles. The fraction of sp³-hybridized carbons (Fsp3) is 0.875. The number of hydrogen-bond donors (Lipinski definition) is 0. The first-order valence-corrected chi connectivity index (χ1v) is 7.89. The number of amides is 1. The first kappa shape index (κ1) is 15.3. The molecule has 0 aromatic carbocycles. The lowest BCUT2D eigenvalue weighted by Crippen LogP contribution is -2.43. The van der Waals surface area contributed by atoms with Gasteiger partial charge in [-0.1, -0.05) is 12.8 Å². The number of ether oxygens (including phenoxy) is 1. The second kappa shape index (κ2) is 6.15. The lowest BCUT2D eigenvalue weighted by atomic mass is 10.0. The molecule has 0 radical (unpaired) electrons. The quantitative estimate of drug-likeness (QED) is 0.747. The lowest BCUT2D eigenvalue weighted by Gasteiger charge is -2.28. The molecule has 4 nitrogen and oxygen atoms in total. The second-order valence-electron chi connectivity index (χ2n) is 7.13. The minimum absolute atomic E-state index is 0.144. The minimum atomic E-state index is -0.486. The average Bonchev–Trinajstić information content (AvgIpc) is 2.96. The first-order valence-electron chi connectivity index (χ1n) is 7.89. The van der Waals surface area contributed by atoms with Crippen molar-refractivity contribution < 1.29 is 14.3 Å².